The van der Waals surface area contributed by atoms with Gasteiger partial charge in [-0.25, -0.2) is 4.98 Å². The van der Waals surface area contributed by atoms with Crippen molar-refractivity contribution in [2.24, 2.45) is 0 Å². The van der Waals surface area contributed by atoms with Crippen molar-refractivity contribution in [3.05, 3.63) is 51.9 Å². The SMILES string of the molecule is O=c1cc(C(F)(F)F)nc(N2CCCc3ccccc32)[nH]1. The molecule has 2 aromatic rings. The molecule has 0 spiro atoms. The fourth-order valence-electron chi connectivity index (χ4n) is 2.47. The van der Waals surface area contributed by atoms with Crippen molar-refractivity contribution < 1.29 is 13.2 Å². The standard InChI is InChI=1S/C14H12F3N3O/c15-14(16,17)11-8-12(21)19-13(18-11)20-7-3-5-9-4-1-2-6-10(9)20/h1-2,4,6,8H,3,5,7H2,(H,18,19,21). The Hall–Kier alpha value is -2.31. The molecule has 0 atom stereocenters. The van der Waals surface area contributed by atoms with Gasteiger partial charge in [0.25, 0.3) is 5.56 Å². The molecule has 0 fully saturated rings. The third-order valence-corrected chi connectivity index (χ3v) is 3.39. The summed E-state index contributed by atoms with van der Waals surface area (Å²) in [5.74, 6) is -0.0676. The Balaban J connectivity index is 2.10. The molecular formula is C14H12F3N3O. The summed E-state index contributed by atoms with van der Waals surface area (Å²) in [5, 5.41) is 0. The number of nitrogens with one attached hydrogen (secondary N) is 1. The highest BCUT2D eigenvalue weighted by molar-refractivity contribution is 5.63. The van der Waals surface area contributed by atoms with E-state index >= 15 is 0 Å². The van der Waals surface area contributed by atoms with Gasteiger partial charge in [0, 0.05) is 18.3 Å². The Labute approximate surface area is 118 Å². The number of anilines is 2. The molecule has 0 aliphatic carbocycles. The molecule has 0 amide bonds. The van der Waals surface area contributed by atoms with Gasteiger partial charge in [0.2, 0.25) is 5.95 Å². The van der Waals surface area contributed by atoms with Gasteiger partial charge >= 0.3 is 6.18 Å². The monoisotopic (exact) mass is 295 g/mol. The van der Waals surface area contributed by atoms with Gasteiger partial charge in [-0.15, -0.1) is 0 Å². The lowest BCUT2D eigenvalue weighted by atomic mass is 10.0. The zero-order chi connectivity index (χ0) is 15.0. The number of halogens is 3. The molecule has 0 saturated heterocycles. The number of hydrogen-bond donors (Lipinski definition) is 1. The predicted octanol–water partition coefficient (Wildman–Crippen LogP) is 2.87. The quantitative estimate of drug-likeness (QED) is 0.880. The Morgan fingerprint density at radius 3 is 2.76 bits per heavy atom. The first-order valence-corrected chi connectivity index (χ1v) is 6.49. The summed E-state index contributed by atoms with van der Waals surface area (Å²) >= 11 is 0. The van der Waals surface area contributed by atoms with Crippen molar-refractivity contribution in [2.75, 3.05) is 11.4 Å². The maximum absolute atomic E-state index is 12.8. The van der Waals surface area contributed by atoms with Crippen LogP contribution in [-0.2, 0) is 12.6 Å². The van der Waals surface area contributed by atoms with E-state index in [1.54, 1.807) is 4.90 Å². The van der Waals surface area contributed by atoms with Crippen LogP contribution >= 0.6 is 0 Å². The highest BCUT2D eigenvalue weighted by Crippen LogP contribution is 2.32. The topological polar surface area (TPSA) is 49.0 Å². The van der Waals surface area contributed by atoms with Gasteiger partial charge < -0.3 is 4.90 Å². The number of H-pyrrole nitrogens is 1. The molecule has 1 aromatic heterocycles. The number of aryl methyl sites for hydroxylation is 1. The Kier molecular flexibility index (Phi) is 3.19. The van der Waals surface area contributed by atoms with E-state index in [-0.39, 0.29) is 5.95 Å². The third kappa shape index (κ3) is 2.63. The van der Waals surface area contributed by atoms with Gasteiger partial charge in [0.1, 0.15) is 0 Å². The Bertz CT molecular complexity index is 724. The first-order chi connectivity index (χ1) is 9.95. The zero-order valence-corrected chi connectivity index (χ0v) is 10.9. The second-order valence-corrected chi connectivity index (χ2v) is 4.84. The van der Waals surface area contributed by atoms with Gasteiger partial charge in [0.15, 0.2) is 5.69 Å². The van der Waals surface area contributed by atoms with Crippen molar-refractivity contribution in [1.82, 2.24) is 9.97 Å². The van der Waals surface area contributed by atoms with Crippen LogP contribution in [0.25, 0.3) is 0 Å². The number of alkyl halides is 3. The number of fused-ring (bicyclic) bond motifs is 1. The zero-order valence-electron chi connectivity index (χ0n) is 10.9. The summed E-state index contributed by atoms with van der Waals surface area (Å²) in [6, 6.07) is 7.90. The molecule has 0 saturated carbocycles. The van der Waals surface area contributed by atoms with E-state index in [1.807, 2.05) is 24.3 Å². The predicted molar refractivity (Wildman–Crippen MR) is 71.6 cm³/mol. The number of nitrogens with zero attached hydrogens (tertiary/aromatic N) is 2. The summed E-state index contributed by atoms with van der Waals surface area (Å²) in [4.78, 5) is 19.1. The fourth-order valence-corrected chi connectivity index (χ4v) is 2.47. The van der Waals surface area contributed by atoms with Crippen LogP contribution in [0, 0.1) is 0 Å². The van der Waals surface area contributed by atoms with Gasteiger partial charge in [-0.2, -0.15) is 13.2 Å². The number of hydrogen-bond acceptors (Lipinski definition) is 3. The minimum atomic E-state index is -4.64. The Morgan fingerprint density at radius 1 is 1.24 bits per heavy atom. The number of para-hydroxylation sites is 1. The largest absolute Gasteiger partial charge is 0.433 e. The number of rotatable bonds is 1. The molecule has 1 aliphatic rings. The molecule has 3 rings (SSSR count). The smallest absolute Gasteiger partial charge is 0.312 e. The van der Waals surface area contributed by atoms with E-state index in [1.165, 1.54) is 0 Å². The van der Waals surface area contributed by atoms with Crippen molar-refractivity contribution in [1.29, 1.82) is 0 Å². The molecule has 0 bridgehead atoms. The summed E-state index contributed by atoms with van der Waals surface area (Å²) in [5.41, 5.74) is -0.172. The molecule has 1 N–H and O–H groups in total. The van der Waals surface area contributed by atoms with Crippen LogP contribution in [0.3, 0.4) is 0 Å². The van der Waals surface area contributed by atoms with Gasteiger partial charge in [-0.3, -0.25) is 9.78 Å². The first-order valence-electron chi connectivity index (χ1n) is 6.49. The number of aromatic amines is 1. The average molecular weight is 295 g/mol. The molecule has 2 heterocycles. The van der Waals surface area contributed by atoms with E-state index in [2.05, 4.69) is 9.97 Å². The Morgan fingerprint density at radius 2 is 2.00 bits per heavy atom. The normalized spacial score (nSPS) is 14.9. The molecule has 7 heteroatoms. The van der Waals surface area contributed by atoms with Crippen molar-refractivity contribution >= 4 is 11.6 Å². The number of benzene rings is 1. The maximum atomic E-state index is 12.8. The molecule has 0 radical (unpaired) electrons. The molecule has 1 aliphatic heterocycles. The van der Waals surface area contributed by atoms with E-state index in [9.17, 15) is 18.0 Å². The van der Waals surface area contributed by atoms with Crippen molar-refractivity contribution in [3.8, 4) is 0 Å². The van der Waals surface area contributed by atoms with Crippen LogP contribution in [0.2, 0.25) is 0 Å². The van der Waals surface area contributed by atoms with Crippen molar-refractivity contribution in [3.63, 3.8) is 0 Å². The maximum Gasteiger partial charge on any atom is 0.433 e. The van der Waals surface area contributed by atoms with E-state index in [0.717, 1.165) is 24.1 Å². The molecular weight excluding hydrogens is 283 g/mol. The van der Waals surface area contributed by atoms with Crippen LogP contribution in [0.4, 0.5) is 24.8 Å². The van der Waals surface area contributed by atoms with Crippen LogP contribution in [0.15, 0.2) is 35.1 Å². The minimum Gasteiger partial charge on any atom is -0.312 e. The highest BCUT2D eigenvalue weighted by Gasteiger charge is 2.34. The molecule has 21 heavy (non-hydrogen) atoms. The summed E-state index contributed by atoms with van der Waals surface area (Å²) in [7, 11) is 0. The van der Waals surface area contributed by atoms with E-state index < -0.39 is 17.4 Å². The third-order valence-electron chi connectivity index (χ3n) is 3.39. The molecule has 4 nitrogen and oxygen atoms in total. The number of aromatic nitrogens is 2. The average Bonchev–Trinajstić information content (AvgIpc) is 2.45. The van der Waals surface area contributed by atoms with Crippen LogP contribution in [0.1, 0.15) is 17.7 Å². The fraction of sp³-hybridized carbons (Fsp3) is 0.286. The summed E-state index contributed by atoms with van der Waals surface area (Å²) < 4.78 is 38.3. The van der Waals surface area contributed by atoms with Gasteiger partial charge in [0.05, 0.1) is 0 Å². The van der Waals surface area contributed by atoms with Crippen LogP contribution in [0.5, 0.6) is 0 Å². The summed E-state index contributed by atoms with van der Waals surface area (Å²) in [6.07, 6.45) is -2.99. The lowest BCUT2D eigenvalue weighted by molar-refractivity contribution is -0.141. The molecule has 110 valence electrons. The molecule has 1 aromatic carbocycles. The minimum absolute atomic E-state index is 0.0676. The van der Waals surface area contributed by atoms with E-state index in [0.29, 0.717) is 12.6 Å². The van der Waals surface area contributed by atoms with Gasteiger partial charge in [-0.05, 0) is 24.5 Å². The van der Waals surface area contributed by atoms with Gasteiger partial charge in [-0.1, -0.05) is 18.2 Å². The first kappa shape index (κ1) is 13.7. The lowest BCUT2D eigenvalue weighted by Crippen LogP contribution is -2.29. The van der Waals surface area contributed by atoms with E-state index in [4.69, 9.17) is 0 Å². The second-order valence-electron chi connectivity index (χ2n) is 4.84. The highest BCUT2D eigenvalue weighted by atomic mass is 19.4. The summed E-state index contributed by atoms with van der Waals surface area (Å²) in [6.45, 7) is 0.515. The lowest BCUT2D eigenvalue weighted by Gasteiger charge is -2.30. The molecule has 0 unspecified atom stereocenters. The van der Waals surface area contributed by atoms with Crippen molar-refractivity contribution in [2.45, 2.75) is 19.0 Å². The van der Waals surface area contributed by atoms with Crippen LogP contribution < -0.4 is 10.5 Å². The second kappa shape index (κ2) is 4.91. The van der Waals surface area contributed by atoms with Crippen LogP contribution in [-0.4, -0.2) is 16.5 Å².